The van der Waals surface area contributed by atoms with E-state index in [2.05, 4.69) is 0 Å². The van der Waals surface area contributed by atoms with Crippen LogP contribution in [0, 0.1) is 0 Å². The summed E-state index contributed by atoms with van der Waals surface area (Å²) in [5, 5.41) is 22.9. The van der Waals surface area contributed by atoms with Crippen LogP contribution in [0.25, 0.3) is 0 Å². The van der Waals surface area contributed by atoms with E-state index < -0.39 is 11.9 Å². The van der Waals surface area contributed by atoms with E-state index in [9.17, 15) is 19.8 Å². The van der Waals surface area contributed by atoms with Crippen LogP contribution in [0.3, 0.4) is 0 Å². The summed E-state index contributed by atoms with van der Waals surface area (Å²) in [5.74, 6) is 0.0138. The third-order valence-corrected chi connectivity index (χ3v) is 8.69. The number of phenols is 2. The number of para-hydroxylation sites is 4. The van der Waals surface area contributed by atoms with Crippen molar-refractivity contribution in [2.24, 2.45) is 0 Å². The van der Waals surface area contributed by atoms with Crippen molar-refractivity contribution < 1.29 is 29.3 Å². The highest BCUT2D eigenvalue weighted by atomic mass is 16.5. The van der Waals surface area contributed by atoms with Gasteiger partial charge in [0.25, 0.3) is 0 Å². The van der Waals surface area contributed by atoms with Gasteiger partial charge in [0.2, 0.25) is 0 Å². The fourth-order valence-electron chi connectivity index (χ4n) is 6.23. The second-order valence-corrected chi connectivity index (χ2v) is 11.9. The molecule has 6 aromatic rings. The number of hydrogen-bond donors (Lipinski definition) is 2. The summed E-state index contributed by atoms with van der Waals surface area (Å²) >= 11 is 0. The van der Waals surface area contributed by atoms with Gasteiger partial charge in [0.15, 0.2) is 0 Å². The molecule has 0 amide bonds. The van der Waals surface area contributed by atoms with E-state index in [0.717, 1.165) is 0 Å². The number of ether oxygens (including phenoxy) is 2. The van der Waals surface area contributed by atoms with Crippen molar-refractivity contribution in [2.45, 2.75) is 25.7 Å². The number of rotatable bonds is 4. The summed E-state index contributed by atoms with van der Waals surface area (Å²) in [7, 11) is 0. The van der Waals surface area contributed by atoms with Gasteiger partial charge in [-0.1, -0.05) is 109 Å². The lowest BCUT2D eigenvalue weighted by Gasteiger charge is -2.20. The van der Waals surface area contributed by atoms with Crippen LogP contribution in [0.1, 0.15) is 65.2 Å². The molecule has 7 rings (SSSR count). The van der Waals surface area contributed by atoms with Crippen molar-refractivity contribution in [1.82, 2.24) is 0 Å². The van der Waals surface area contributed by atoms with Gasteiger partial charge in [-0.25, -0.2) is 9.59 Å². The first kappa shape index (κ1) is 30.5. The Morgan fingerprint density at radius 2 is 0.646 bits per heavy atom. The van der Waals surface area contributed by atoms with Gasteiger partial charge in [-0.3, -0.25) is 0 Å². The summed E-state index contributed by atoms with van der Waals surface area (Å²) in [6.45, 7) is 0. The van der Waals surface area contributed by atoms with Crippen molar-refractivity contribution in [3.05, 3.63) is 189 Å². The zero-order valence-corrected chi connectivity index (χ0v) is 26.1. The minimum absolute atomic E-state index is 0.125. The fourth-order valence-corrected chi connectivity index (χ4v) is 6.23. The van der Waals surface area contributed by atoms with E-state index in [1.54, 1.807) is 48.5 Å². The minimum atomic E-state index is -0.505. The van der Waals surface area contributed by atoms with E-state index in [1.807, 2.05) is 84.9 Å². The Bertz CT molecular complexity index is 1980. The number of carbonyl (C=O) groups is 2. The first-order valence-electron chi connectivity index (χ1n) is 15.8. The van der Waals surface area contributed by atoms with Crippen LogP contribution < -0.4 is 9.47 Å². The molecule has 2 N–H and O–H groups in total. The molecule has 0 atom stereocenters. The smallest absolute Gasteiger partial charge is 0.343 e. The van der Waals surface area contributed by atoms with E-state index in [-0.39, 0.29) is 30.8 Å². The number of fused-ring (bicyclic) bond motifs is 8. The molecular formula is C42H32O6. The van der Waals surface area contributed by atoms with E-state index >= 15 is 0 Å². The lowest BCUT2D eigenvalue weighted by atomic mass is 9.91. The topological polar surface area (TPSA) is 93.1 Å². The molecule has 236 valence electrons. The molecule has 1 aliphatic carbocycles. The number of benzene rings is 6. The predicted octanol–water partition coefficient (Wildman–Crippen LogP) is 8.21. The van der Waals surface area contributed by atoms with Crippen LogP contribution in [0.4, 0.5) is 0 Å². The van der Waals surface area contributed by atoms with E-state index in [0.29, 0.717) is 73.6 Å². The highest BCUT2D eigenvalue weighted by Crippen LogP contribution is 2.38. The number of phenolic OH excluding ortho intramolecular Hbond substituents is 2. The second kappa shape index (κ2) is 13.3. The van der Waals surface area contributed by atoms with Crippen molar-refractivity contribution in [3.8, 4) is 23.0 Å². The molecular weight excluding hydrogens is 600 g/mol. The molecule has 48 heavy (non-hydrogen) atoms. The van der Waals surface area contributed by atoms with Crippen molar-refractivity contribution in [1.29, 1.82) is 0 Å². The van der Waals surface area contributed by atoms with Gasteiger partial charge in [-0.15, -0.1) is 0 Å². The Labute approximate surface area is 278 Å². The van der Waals surface area contributed by atoms with Crippen LogP contribution in [0.2, 0.25) is 0 Å². The molecule has 6 heteroatoms. The zero-order valence-electron chi connectivity index (χ0n) is 26.1. The maximum atomic E-state index is 13.5. The number of esters is 2. The lowest BCUT2D eigenvalue weighted by molar-refractivity contribution is 0.0724. The maximum absolute atomic E-state index is 13.5. The van der Waals surface area contributed by atoms with E-state index in [1.165, 1.54) is 0 Å². The maximum Gasteiger partial charge on any atom is 0.343 e. The quantitative estimate of drug-likeness (QED) is 0.150. The zero-order chi connectivity index (χ0) is 33.0. The molecule has 6 aromatic carbocycles. The SMILES string of the molecule is O=C(Oc1c2cccc1Cc1cccc(c1OC(=O)c1ccccc1)Cc1cccc(c1O)Cc1cccc(c1O)C2)c1ccccc1. The summed E-state index contributed by atoms with van der Waals surface area (Å²) < 4.78 is 12.3. The van der Waals surface area contributed by atoms with Gasteiger partial charge >= 0.3 is 11.9 Å². The molecule has 0 saturated carbocycles. The molecule has 0 aromatic heterocycles. The molecule has 6 nitrogen and oxygen atoms in total. The predicted molar refractivity (Wildman–Crippen MR) is 183 cm³/mol. The van der Waals surface area contributed by atoms with Crippen LogP contribution in [-0.2, 0) is 25.7 Å². The molecule has 0 saturated heterocycles. The molecule has 0 fully saturated rings. The fraction of sp³-hybridized carbons (Fsp3) is 0.0952. The third kappa shape index (κ3) is 6.29. The molecule has 0 radical (unpaired) electrons. The van der Waals surface area contributed by atoms with Crippen molar-refractivity contribution in [3.63, 3.8) is 0 Å². The highest BCUT2D eigenvalue weighted by molar-refractivity contribution is 5.92. The van der Waals surface area contributed by atoms with Gasteiger partial charge in [0.1, 0.15) is 23.0 Å². The molecule has 0 unspecified atom stereocenters. The summed E-state index contributed by atoms with van der Waals surface area (Å²) in [6, 6.07) is 40.1. The van der Waals surface area contributed by atoms with E-state index in [4.69, 9.17) is 9.47 Å². The van der Waals surface area contributed by atoms with Crippen molar-refractivity contribution in [2.75, 3.05) is 0 Å². The van der Waals surface area contributed by atoms with Gasteiger partial charge in [0, 0.05) is 25.7 Å². The molecule has 8 bridgehead atoms. The van der Waals surface area contributed by atoms with Gasteiger partial charge < -0.3 is 19.7 Å². The average molecular weight is 633 g/mol. The van der Waals surface area contributed by atoms with Gasteiger partial charge in [-0.05, 0) is 68.8 Å². The molecule has 1 aliphatic rings. The van der Waals surface area contributed by atoms with Crippen LogP contribution in [0.15, 0.2) is 133 Å². The van der Waals surface area contributed by atoms with Crippen molar-refractivity contribution >= 4 is 11.9 Å². The average Bonchev–Trinajstić information content (AvgIpc) is 3.11. The molecule has 0 spiro atoms. The molecule has 0 heterocycles. The standard InChI is InChI=1S/C42H32O6/c43-37-29-15-7-17-31(37)24-33-19-9-21-35(39(33)47-41(45)27-11-3-1-4-12-27)26-36-22-10-20-34(25-32-18-8-16-30(23-29)38(32)44)40(36)48-42(46)28-13-5-2-6-14-28/h1-22,43-44H,23-26H2. The summed E-state index contributed by atoms with van der Waals surface area (Å²) in [5.41, 5.74) is 6.28. The summed E-state index contributed by atoms with van der Waals surface area (Å²) in [4.78, 5) is 26.9. The number of hydrogen-bond acceptors (Lipinski definition) is 6. The van der Waals surface area contributed by atoms with Crippen LogP contribution in [0.5, 0.6) is 23.0 Å². The summed E-state index contributed by atoms with van der Waals surface area (Å²) in [6.07, 6.45) is 1.14. The van der Waals surface area contributed by atoms with Crippen LogP contribution >= 0.6 is 0 Å². The van der Waals surface area contributed by atoms with Gasteiger partial charge in [0.05, 0.1) is 11.1 Å². The number of aromatic hydroxyl groups is 2. The minimum Gasteiger partial charge on any atom is -0.507 e. The molecule has 0 aliphatic heterocycles. The monoisotopic (exact) mass is 632 g/mol. The Kier molecular flexibility index (Phi) is 8.46. The van der Waals surface area contributed by atoms with Gasteiger partial charge in [-0.2, -0.15) is 0 Å². The highest BCUT2D eigenvalue weighted by Gasteiger charge is 2.23. The Morgan fingerprint density at radius 1 is 0.375 bits per heavy atom. The Balaban J connectivity index is 1.41. The van der Waals surface area contributed by atoms with Crippen LogP contribution in [-0.4, -0.2) is 22.2 Å². The number of carbonyl (C=O) groups excluding carboxylic acids is 2. The third-order valence-electron chi connectivity index (χ3n) is 8.69. The first-order chi connectivity index (χ1) is 23.4. The lowest BCUT2D eigenvalue weighted by Crippen LogP contribution is -2.14. The Morgan fingerprint density at radius 3 is 0.979 bits per heavy atom. The normalized spacial score (nSPS) is 12.2. The second-order valence-electron chi connectivity index (χ2n) is 11.9. The largest absolute Gasteiger partial charge is 0.507 e. The first-order valence-corrected chi connectivity index (χ1v) is 15.8. The Hall–Kier alpha value is -6.14.